The predicted molar refractivity (Wildman–Crippen MR) is 68.6 cm³/mol. The summed E-state index contributed by atoms with van der Waals surface area (Å²) in [5.41, 5.74) is 0.633. The van der Waals surface area contributed by atoms with Gasteiger partial charge in [-0.25, -0.2) is 0 Å². The summed E-state index contributed by atoms with van der Waals surface area (Å²) in [7, 11) is 1.83. The highest BCUT2D eigenvalue weighted by Crippen LogP contribution is 2.36. The van der Waals surface area contributed by atoms with E-state index in [2.05, 4.69) is 0 Å². The van der Waals surface area contributed by atoms with Gasteiger partial charge >= 0.3 is 0 Å². The van der Waals surface area contributed by atoms with E-state index in [1.807, 2.05) is 11.9 Å². The lowest BCUT2D eigenvalue weighted by molar-refractivity contribution is 0.0280. The van der Waals surface area contributed by atoms with E-state index in [9.17, 15) is 9.90 Å². The Morgan fingerprint density at radius 2 is 2.00 bits per heavy atom. The van der Waals surface area contributed by atoms with E-state index in [1.165, 1.54) is 0 Å². The number of piperidine rings is 1. The molecule has 2 bridgehead atoms. The Morgan fingerprint density at radius 1 is 1.39 bits per heavy atom. The number of aromatic nitrogens is 1. The van der Waals surface area contributed by atoms with Gasteiger partial charge in [0.25, 0.3) is 5.91 Å². The van der Waals surface area contributed by atoms with Gasteiger partial charge in [0.05, 0.1) is 11.1 Å². The standard InChI is InChI=1S/C13H17ClN2O2/c1-15-7-8(14)4-12(15)13(18)16-9-2-3-10(16)6-11(17)5-9/h4,7,9-11,17H,2-3,5-6H2,1H3. The predicted octanol–water partition coefficient (Wildman–Crippen LogP) is 1.81. The molecule has 3 rings (SSSR count). The molecule has 2 aliphatic heterocycles. The summed E-state index contributed by atoms with van der Waals surface area (Å²) < 4.78 is 1.77. The summed E-state index contributed by atoms with van der Waals surface area (Å²) in [6, 6.07) is 2.11. The van der Waals surface area contributed by atoms with Gasteiger partial charge in [0.1, 0.15) is 5.69 Å². The first-order valence-corrected chi connectivity index (χ1v) is 6.76. The third kappa shape index (κ3) is 1.84. The normalized spacial score (nSPS) is 30.8. The van der Waals surface area contributed by atoms with E-state index >= 15 is 0 Å². The molecule has 1 N–H and O–H groups in total. The number of halogens is 1. The molecule has 4 nitrogen and oxygen atoms in total. The van der Waals surface area contributed by atoms with Crippen molar-refractivity contribution in [1.82, 2.24) is 9.47 Å². The molecule has 1 aromatic heterocycles. The van der Waals surface area contributed by atoms with Crippen LogP contribution in [0.2, 0.25) is 5.02 Å². The van der Waals surface area contributed by atoms with E-state index in [-0.39, 0.29) is 24.1 Å². The first-order chi connectivity index (χ1) is 8.56. The smallest absolute Gasteiger partial charge is 0.271 e. The number of hydrogen-bond acceptors (Lipinski definition) is 2. The van der Waals surface area contributed by atoms with Crippen molar-refractivity contribution in [3.05, 3.63) is 23.0 Å². The molecule has 18 heavy (non-hydrogen) atoms. The van der Waals surface area contributed by atoms with Gasteiger partial charge in [-0.05, 0) is 31.7 Å². The molecule has 98 valence electrons. The fourth-order valence-electron chi connectivity index (χ4n) is 3.35. The van der Waals surface area contributed by atoms with Crippen LogP contribution in [0.3, 0.4) is 0 Å². The third-order valence-electron chi connectivity index (χ3n) is 4.13. The molecule has 0 aromatic carbocycles. The maximum absolute atomic E-state index is 12.6. The van der Waals surface area contributed by atoms with Crippen LogP contribution in [0, 0.1) is 0 Å². The second kappa shape index (κ2) is 4.28. The zero-order valence-electron chi connectivity index (χ0n) is 10.3. The van der Waals surface area contributed by atoms with Crippen molar-refractivity contribution < 1.29 is 9.90 Å². The van der Waals surface area contributed by atoms with Crippen LogP contribution in [0.15, 0.2) is 12.3 Å². The van der Waals surface area contributed by atoms with Gasteiger partial charge in [-0.2, -0.15) is 0 Å². The van der Waals surface area contributed by atoms with E-state index in [0.717, 1.165) is 12.8 Å². The van der Waals surface area contributed by atoms with E-state index in [0.29, 0.717) is 23.6 Å². The van der Waals surface area contributed by atoms with Crippen LogP contribution in [-0.2, 0) is 7.05 Å². The van der Waals surface area contributed by atoms with Crippen molar-refractivity contribution in [3.8, 4) is 0 Å². The fraction of sp³-hybridized carbons (Fsp3) is 0.615. The van der Waals surface area contributed by atoms with Crippen LogP contribution in [0.5, 0.6) is 0 Å². The van der Waals surface area contributed by atoms with Crippen molar-refractivity contribution in [3.63, 3.8) is 0 Å². The zero-order valence-corrected chi connectivity index (χ0v) is 11.1. The van der Waals surface area contributed by atoms with Crippen LogP contribution in [0.25, 0.3) is 0 Å². The second-order valence-corrected chi connectivity index (χ2v) is 5.81. The molecule has 2 aliphatic rings. The van der Waals surface area contributed by atoms with Crippen LogP contribution >= 0.6 is 11.6 Å². The Labute approximate surface area is 111 Å². The quantitative estimate of drug-likeness (QED) is 0.844. The number of aryl methyl sites for hydroxylation is 1. The maximum atomic E-state index is 12.6. The summed E-state index contributed by atoms with van der Waals surface area (Å²) in [5.74, 6) is 0.0452. The van der Waals surface area contributed by atoms with Gasteiger partial charge in [0, 0.05) is 25.3 Å². The number of carbonyl (C=O) groups is 1. The summed E-state index contributed by atoms with van der Waals surface area (Å²) in [6.45, 7) is 0. The molecule has 2 saturated heterocycles. The molecule has 0 radical (unpaired) electrons. The van der Waals surface area contributed by atoms with Crippen LogP contribution in [-0.4, -0.2) is 38.7 Å². The topological polar surface area (TPSA) is 45.5 Å². The summed E-state index contributed by atoms with van der Waals surface area (Å²) in [4.78, 5) is 14.5. The number of carbonyl (C=O) groups excluding carboxylic acids is 1. The SMILES string of the molecule is Cn1cc(Cl)cc1C(=O)N1C2CCC1CC(O)C2. The number of rotatable bonds is 1. The molecule has 2 atom stereocenters. The Morgan fingerprint density at radius 3 is 2.50 bits per heavy atom. The molecule has 2 fully saturated rings. The molecule has 0 spiro atoms. The number of amides is 1. The Balaban J connectivity index is 1.88. The molecule has 1 aromatic rings. The maximum Gasteiger partial charge on any atom is 0.271 e. The Kier molecular flexibility index (Phi) is 2.87. The van der Waals surface area contributed by atoms with Crippen molar-refractivity contribution >= 4 is 17.5 Å². The number of fused-ring (bicyclic) bond motifs is 2. The molecule has 2 unspecified atom stereocenters. The third-order valence-corrected chi connectivity index (χ3v) is 4.34. The largest absolute Gasteiger partial charge is 0.393 e. The second-order valence-electron chi connectivity index (χ2n) is 5.38. The minimum atomic E-state index is -0.247. The van der Waals surface area contributed by atoms with Gasteiger partial charge in [-0.1, -0.05) is 11.6 Å². The molecule has 0 saturated carbocycles. The lowest BCUT2D eigenvalue weighted by atomic mass is 9.99. The molecule has 3 heterocycles. The summed E-state index contributed by atoms with van der Waals surface area (Å²) >= 11 is 5.93. The fourth-order valence-corrected chi connectivity index (χ4v) is 3.60. The highest BCUT2D eigenvalue weighted by atomic mass is 35.5. The number of aliphatic hydroxyl groups excluding tert-OH is 1. The summed E-state index contributed by atoms with van der Waals surface area (Å²) in [5, 5.41) is 10.3. The van der Waals surface area contributed by atoms with Crippen LogP contribution in [0.4, 0.5) is 0 Å². The van der Waals surface area contributed by atoms with Gasteiger partial charge in [0.2, 0.25) is 0 Å². The van der Waals surface area contributed by atoms with E-state index in [1.54, 1.807) is 16.8 Å². The van der Waals surface area contributed by atoms with Crippen molar-refractivity contribution in [2.24, 2.45) is 7.05 Å². The first kappa shape index (κ1) is 12.1. The number of hydrogen-bond donors (Lipinski definition) is 1. The van der Waals surface area contributed by atoms with E-state index in [4.69, 9.17) is 11.6 Å². The van der Waals surface area contributed by atoms with Crippen LogP contribution < -0.4 is 0 Å². The highest BCUT2D eigenvalue weighted by Gasteiger charge is 2.43. The summed E-state index contributed by atoms with van der Waals surface area (Å²) in [6.07, 6.45) is 4.93. The minimum Gasteiger partial charge on any atom is -0.393 e. The Hall–Kier alpha value is -1.00. The monoisotopic (exact) mass is 268 g/mol. The van der Waals surface area contributed by atoms with Crippen molar-refractivity contribution in [2.45, 2.75) is 43.9 Å². The van der Waals surface area contributed by atoms with Gasteiger partial charge < -0.3 is 14.6 Å². The van der Waals surface area contributed by atoms with E-state index < -0.39 is 0 Å². The molecule has 0 aliphatic carbocycles. The molecular formula is C13H17ClN2O2. The highest BCUT2D eigenvalue weighted by molar-refractivity contribution is 6.31. The van der Waals surface area contributed by atoms with Crippen LogP contribution in [0.1, 0.15) is 36.2 Å². The minimum absolute atomic E-state index is 0.0452. The molecule has 5 heteroatoms. The number of aliphatic hydroxyl groups is 1. The average molecular weight is 269 g/mol. The molecule has 1 amide bonds. The van der Waals surface area contributed by atoms with Gasteiger partial charge in [0.15, 0.2) is 0 Å². The van der Waals surface area contributed by atoms with Gasteiger partial charge in [-0.3, -0.25) is 4.79 Å². The van der Waals surface area contributed by atoms with Gasteiger partial charge in [-0.15, -0.1) is 0 Å². The average Bonchev–Trinajstić information content (AvgIpc) is 2.76. The Bertz CT molecular complexity index is 471. The van der Waals surface area contributed by atoms with Crippen molar-refractivity contribution in [1.29, 1.82) is 0 Å². The lowest BCUT2D eigenvalue weighted by Crippen LogP contribution is -2.48. The molecular weight excluding hydrogens is 252 g/mol. The lowest BCUT2D eigenvalue weighted by Gasteiger charge is -2.37. The van der Waals surface area contributed by atoms with Crippen molar-refractivity contribution in [2.75, 3.05) is 0 Å². The number of nitrogens with zero attached hydrogens (tertiary/aromatic N) is 2. The zero-order chi connectivity index (χ0) is 12.9. The first-order valence-electron chi connectivity index (χ1n) is 6.39.